The van der Waals surface area contributed by atoms with Gasteiger partial charge in [-0.3, -0.25) is 4.79 Å². The summed E-state index contributed by atoms with van der Waals surface area (Å²) in [7, 11) is 0. The van der Waals surface area contributed by atoms with Crippen molar-refractivity contribution in [1.29, 1.82) is 0 Å². The molecule has 0 radical (unpaired) electrons. The normalized spacial score (nSPS) is 11.5. The maximum atomic E-state index is 12.8. The molecule has 0 bridgehead atoms. The molecule has 0 aliphatic rings. The van der Waals surface area contributed by atoms with Crippen LogP contribution in [0.2, 0.25) is 0 Å². The summed E-state index contributed by atoms with van der Waals surface area (Å²) in [6.45, 7) is 7.13. The van der Waals surface area contributed by atoms with Gasteiger partial charge < -0.3 is 10.0 Å². The Bertz CT molecular complexity index is 968. The minimum atomic E-state index is -0.342. The third-order valence-corrected chi connectivity index (χ3v) is 5.30. The summed E-state index contributed by atoms with van der Waals surface area (Å²) in [5, 5.41) is 24.0. The predicted molar refractivity (Wildman–Crippen MR) is 121 cm³/mol. The first-order chi connectivity index (χ1) is 14.9. The number of rotatable bonds is 10. The average molecular weight is 422 g/mol. The van der Waals surface area contributed by atoms with Crippen molar-refractivity contribution in [2.45, 2.75) is 46.6 Å². The van der Waals surface area contributed by atoms with Gasteiger partial charge in [-0.25, -0.2) is 0 Å². The lowest BCUT2D eigenvalue weighted by molar-refractivity contribution is -0.133. The first-order valence-electron chi connectivity index (χ1n) is 10.7. The molecule has 3 rings (SSSR count). The first-order valence-corrected chi connectivity index (χ1v) is 10.7. The van der Waals surface area contributed by atoms with Crippen LogP contribution in [-0.2, 0) is 11.3 Å². The highest BCUT2D eigenvalue weighted by molar-refractivity contribution is 5.80. The fourth-order valence-corrected chi connectivity index (χ4v) is 3.50. The smallest absolute Gasteiger partial charge is 0.222 e. The molecule has 164 valence electrons. The quantitative estimate of drug-likeness (QED) is 0.514. The van der Waals surface area contributed by atoms with Gasteiger partial charge in [0.1, 0.15) is 0 Å². The van der Waals surface area contributed by atoms with Crippen molar-refractivity contribution in [2.24, 2.45) is 5.41 Å². The standard InChI is InChI=1S/C24H31N5O2/c1-4-5-10-22(31)29(16-24(2,3)17-30)15-18-11-13-19(14-12-18)20-8-6-7-9-21(20)23-25-27-28-26-23/h6-9,11-14,30H,4-5,10,15-17H2,1-3H3,(H,25,26,27,28). The van der Waals surface area contributed by atoms with Crippen LogP contribution in [0, 0.1) is 5.41 Å². The third-order valence-electron chi connectivity index (χ3n) is 5.30. The molecule has 0 unspecified atom stereocenters. The van der Waals surface area contributed by atoms with Gasteiger partial charge in [0.05, 0.1) is 0 Å². The van der Waals surface area contributed by atoms with Crippen molar-refractivity contribution < 1.29 is 9.90 Å². The van der Waals surface area contributed by atoms with Gasteiger partial charge in [-0.1, -0.05) is 75.7 Å². The molecule has 1 heterocycles. The Morgan fingerprint density at radius 2 is 1.81 bits per heavy atom. The van der Waals surface area contributed by atoms with Gasteiger partial charge in [-0.2, -0.15) is 5.21 Å². The van der Waals surface area contributed by atoms with E-state index < -0.39 is 0 Å². The van der Waals surface area contributed by atoms with Crippen LogP contribution in [0.5, 0.6) is 0 Å². The highest BCUT2D eigenvalue weighted by Crippen LogP contribution is 2.30. The summed E-state index contributed by atoms with van der Waals surface area (Å²) in [4.78, 5) is 14.7. The number of amides is 1. The maximum Gasteiger partial charge on any atom is 0.222 e. The molecule has 3 aromatic rings. The number of aromatic nitrogens is 4. The number of nitrogens with one attached hydrogen (secondary N) is 1. The van der Waals surface area contributed by atoms with Crippen LogP contribution in [0.4, 0.5) is 0 Å². The number of aromatic amines is 1. The second-order valence-electron chi connectivity index (χ2n) is 8.65. The monoisotopic (exact) mass is 421 g/mol. The van der Waals surface area contributed by atoms with Gasteiger partial charge in [0, 0.05) is 37.1 Å². The van der Waals surface area contributed by atoms with Crippen LogP contribution in [0.15, 0.2) is 48.5 Å². The van der Waals surface area contributed by atoms with E-state index in [0.29, 0.717) is 25.3 Å². The molecule has 0 aliphatic carbocycles. The average Bonchev–Trinajstić information content (AvgIpc) is 3.32. The van der Waals surface area contributed by atoms with Crippen molar-refractivity contribution >= 4 is 5.91 Å². The number of tetrazole rings is 1. The van der Waals surface area contributed by atoms with Crippen molar-refractivity contribution in [3.8, 4) is 22.5 Å². The Hall–Kier alpha value is -3.06. The lowest BCUT2D eigenvalue weighted by Gasteiger charge is -2.31. The molecule has 2 N–H and O–H groups in total. The molecule has 0 saturated carbocycles. The van der Waals surface area contributed by atoms with E-state index in [4.69, 9.17) is 0 Å². The molecule has 2 aromatic carbocycles. The third kappa shape index (κ3) is 5.98. The Labute approximate surface area is 183 Å². The van der Waals surface area contributed by atoms with E-state index >= 15 is 0 Å². The zero-order valence-corrected chi connectivity index (χ0v) is 18.5. The van der Waals surface area contributed by atoms with Crippen molar-refractivity contribution in [3.05, 3.63) is 54.1 Å². The minimum absolute atomic E-state index is 0.0381. The SMILES string of the molecule is CCCCC(=O)N(Cc1ccc(-c2ccccc2-c2nn[nH]n2)cc1)CC(C)(C)CO. The van der Waals surface area contributed by atoms with Crippen molar-refractivity contribution in [1.82, 2.24) is 25.5 Å². The van der Waals surface area contributed by atoms with E-state index in [-0.39, 0.29) is 17.9 Å². The Morgan fingerprint density at radius 1 is 1.10 bits per heavy atom. The summed E-state index contributed by atoms with van der Waals surface area (Å²) in [5.74, 6) is 0.688. The van der Waals surface area contributed by atoms with E-state index in [1.807, 2.05) is 55.1 Å². The van der Waals surface area contributed by atoms with Crippen LogP contribution >= 0.6 is 0 Å². The Kier molecular flexibility index (Phi) is 7.52. The second-order valence-corrected chi connectivity index (χ2v) is 8.65. The van der Waals surface area contributed by atoms with E-state index in [0.717, 1.165) is 35.1 Å². The van der Waals surface area contributed by atoms with Crippen LogP contribution in [0.25, 0.3) is 22.5 Å². The number of nitrogens with zero attached hydrogens (tertiary/aromatic N) is 4. The van der Waals surface area contributed by atoms with Gasteiger partial charge in [0.25, 0.3) is 0 Å². The fraction of sp³-hybridized carbons (Fsp3) is 0.417. The largest absolute Gasteiger partial charge is 0.396 e. The molecule has 1 aromatic heterocycles. The number of unbranched alkanes of at least 4 members (excludes halogenated alkanes) is 1. The molecule has 0 fully saturated rings. The molecule has 0 atom stereocenters. The minimum Gasteiger partial charge on any atom is -0.396 e. The lowest BCUT2D eigenvalue weighted by atomic mass is 9.93. The number of aliphatic hydroxyl groups is 1. The maximum absolute atomic E-state index is 12.8. The summed E-state index contributed by atoms with van der Waals surface area (Å²) >= 11 is 0. The zero-order valence-electron chi connectivity index (χ0n) is 18.5. The van der Waals surface area contributed by atoms with E-state index in [1.165, 1.54) is 0 Å². The number of hydrogen-bond donors (Lipinski definition) is 2. The Balaban J connectivity index is 1.81. The van der Waals surface area contributed by atoms with Gasteiger partial charge in [0.2, 0.25) is 11.7 Å². The molecule has 1 amide bonds. The van der Waals surface area contributed by atoms with E-state index in [1.54, 1.807) is 0 Å². The highest BCUT2D eigenvalue weighted by Gasteiger charge is 2.24. The van der Waals surface area contributed by atoms with Crippen LogP contribution in [0.1, 0.15) is 45.6 Å². The van der Waals surface area contributed by atoms with Crippen molar-refractivity contribution in [3.63, 3.8) is 0 Å². The van der Waals surface area contributed by atoms with Crippen molar-refractivity contribution in [2.75, 3.05) is 13.2 Å². The molecule has 0 saturated heterocycles. The molecule has 31 heavy (non-hydrogen) atoms. The van der Waals surface area contributed by atoms with Crippen LogP contribution in [-0.4, -0.2) is 49.7 Å². The fourth-order valence-electron chi connectivity index (χ4n) is 3.50. The summed E-state index contributed by atoms with van der Waals surface area (Å²) < 4.78 is 0. The lowest BCUT2D eigenvalue weighted by Crippen LogP contribution is -2.39. The first kappa shape index (κ1) is 22.6. The topological polar surface area (TPSA) is 95.0 Å². The number of carbonyl (C=O) groups excluding carboxylic acids is 1. The Morgan fingerprint density at radius 3 is 2.42 bits per heavy atom. The van der Waals surface area contributed by atoms with Crippen LogP contribution < -0.4 is 0 Å². The molecular weight excluding hydrogens is 390 g/mol. The number of aliphatic hydroxyl groups excluding tert-OH is 1. The number of H-pyrrole nitrogens is 1. The summed E-state index contributed by atoms with van der Waals surface area (Å²) in [5.41, 5.74) is 3.69. The second kappa shape index (κ2) is 10.3. The predicted octanol–water partition coefficient (Wildman–Crippen LogP) is 4.07. The molecule has 7 nitrogen and oxygen atoms in total. The summed E-state index contributed by atoms with van der Waals surface area (Å²) in [6.07, 6.45) is 2.40. The number of benzene rings is 2. The number of hydrogen-bond acceptors (Lipinski definition) is 5. The van der Waals surface area contributed by atoms with Gasteiger partial charge in [0.15, 0.2) is 0 Å². The van der Waals surface area contributed by atoms with Gasteiger partial charge in [-0.15, -0.1) is 10.2 Å². The molecule has 7 heteroatoms. The van der Waals surface area contributed by atoms with Gasteiger partial charge in [-0.05, 0) is 28.3 Å². The van der Waals surface area contributed by atoms with E-state index in [9.17, 15) is 9.90 Å². The molecule has 0 aliphatic heterocycles. The zero-order chi connectivity index (χ0) is 22.3. The highest BCUT2D eigenvalue weighted by atomic mass is 16.3. The van der Waals surface area contributed by atoms with Gasteiger partial charge >= 0.3 is 0 Å². The molecular formula is C24H31N5O2. The van der Waals surface area contributed by atoms with E-state index in [2.05, 4.69) is 39.7 Å². The number of carbonyl (C=O) groups is 1. The summed E-state index contributed by atoms with van der Waals surface area (Å²) in [6, 6.07) is 16.2. The van der Waals surface area contributed by atoms with Crippen LogP contribution in [0.3, 0.4) is 0 Å². The molecule has 0 spiro atoms.